The molecule has 0 bridgehead atoms. The molecule has 1 aromatic carbocycles. The van der Waals surface area contributed by atoms with Crippen LogP contribution in [0.1, 0.15) is 11.4 Å². The smallest absolute Gasteiger partial charge is 0.0817 e. The Kier molecular flexibility index (Phi) is 2.27. The lowest BCUT2D eigenvalue weighted by molar-refractivity contribution is 1.22. The van der Waals surface area contributed by atoms with E-state index in [1.165, 1.54) is 10.8 Å². The first-order valence-electron chi connectivity index (χ1n) is 4.60. The lowest BCUT2D eigenvalue weighted by Gasteiger charge is -2.02. The molecule has 0 spiro atoms. The van der Waals surface area contributed by atoms with Crippen LogP contribution in [-0.4, -0.2) is 18.2 Å². The monoisotopic (exact) mass is 184 g/mol. The number of aryl methyl sites for hydroxylation is 1. The molecule has 2 rings (SSSR count). The third-order valence-corrected chi connectivity index (χ3v) is 2.21. The minimum absolute atomic E-state index is 0.920. The molecule has 14 heavy (non-hydrogen) atoms. The van der Waals surface area contributed by atoms with Gasteiger partial charge in [-0.1, -0.05) is 24.3 Å². The predicted octanol–water partition coefficient (Wildman–Crippen LogP) is 2.59. The number of aliphatic imine (C=N–C) groups is 1. The van der Waals surface area contributed by atoms with E-state index in [4.69, 9.17) is 0 Å². The number of hydrogen-bond donors (Lipinski definition) is 0. The molecule has 0 aliphatic rings. The summed E-state index contributed by atoms with van der Waals surface area (Å²) in [5.41, 5.74) is 1.97. The van der Waals surface area contributed by atoms with E-state index in [0.29, 0.717) is 0 Å². The van der Waals surface area contributed by atoms with E-state index in [1.54, 1.807) is 13.3 Å². The summed E-state index contributed by atoms with van der Waals surface area (Å²) < 4.78 is 0. The summed E-state index contributed by atoms with van der Waals surface area (Å²) >= 11 is 0. The van der Waals surface area contributed by atoms with Gasteiger partial charge in [-0.2, -0.15) is 0 Å². The summed E-state index contributed by atoms with van der Waals surface area (Å²) in [6, 6.07) is 10.3. The van der Waals surface area contributed by atoms with Crippen molar-refractivity contribution in [1.29, 1.82) is 0 Å². The van der Waals surface area contributed by atoms with Crippen LogP contribution in [0.2, 0.25) is 0 Å². The average Bonchev–Trinajstić information content (AvgIpc) is 2.18. The number of fused-ring (bicyclic) bond motifs is 1. The van der Waals surface area contributed by atoms with Crippen LogP contribution >= 0.6 is 0 Å². The van der Waals surface area contributed by atoms with Crippen LogP contribution < -0.4 is 0 Å². The molecular formula is C12H12N2. The van der Waals surface area contributed by atoms with Gasteiger partial charge < -0.3 is 0 Å². The van der Waals surface area contributed by atoms with E-state index < -0.39 is 0 Å². The van der Waals surface area contributed by atoms with Gasteiger partial charge in [-0.3, -0.25) is 9.98 Å². The number of aromatic nitrogens is 1. The van der Waals surface area contributed by atoms with E-state index in [1.807, 2.05) is 19.1 Å². The summed E-state index contributed by atoms with van der Waals surface area (Å²) in [7, 11) is 1.76. The molecule has 0 aliphatic heterocycles. The maximum absolute atomic E-state index is 4.44. The zero-order valence-electron chi connectivity index (χ0n) is 8.36. The first kappa shape index (κ1) is 8.88. The highest BCUT2D eigenvalue weighted by molar-refractivity contribution is 5.89. The van der Waals surface area contributed by atoms with Crippen molar-refractivity contribution in [1.82, 2.24) is 4.98 Å². The Morgan fingerprint density at radius 1 is 1.29 bits per heavy atom. The van der Waals surface area contributed by atoms with Crippen LogP contribution in [0.5, 0.6) is 0 Å². The average molecular weight is 184 g/mol. The summed E-state index contributed by atoms with van der Waals surface area (Å²) in [5.74, 6) is 0. The fourth-order valence-electron chi connectivity index (χ4n) is 1.60. The molecule has 0 amide bonds. The second kappa shape index (κ2) is 3.58. The minimum Gasteiger partial charge on any atom is -0.294 e. The van der Waals surface area contributed by atoms with Crippen molar-refractivity contribution in [2.45, 2.75) is 6.92 Å². The molecule has 0 unspecified atom stereocenters. The van der Waals surface area contributed by atoms with Crippen molar-refractivity contribution in [3.8, 4) is 0 Å². The molecule has 0 fully saturated rings. The summed E-state index contributed by atoms with van der Waals surface area (Å²) in [6.07, 6.45) is 1.78. The molecule has 70 valence electrons. The van der Waals surface area contributed by atoms with Crippen molar-refractivity contribution < 1.29 is 0 Å². The van der Waals surface area contributed by atoms with Gasteiger partial charge in [-0.15, -0.1) is 0 Å². The zero-order chi connectivity index (χ0) is 9.97. The Bertz CT molecular complexity index is 487. The molecule has 2 nitrogen and oxygen atoms in total. The first-order valence-corrected chi connectivity index (χ1v) is 4.60. The molecule has 0 radical (unpaired) electrons. The molecule has 0 saturated carbocycles. The van der Waals surface area contributed by atoms with Crippen LogP contribution in [0.4, 0.5) is 0 Å². The fraction of sp³-hybridized carbons (Fsp3) is 0.167. The van der Waals surface area contributed by atoms with Crippen LogP contribution in [0.25, 0.3) is 10.8 Å². The van der Waals surface area contributed by atoms with Gasteiger partial charge in [-0.05, 0) is 18.4 Å². The first-order chi connectivity index (χ1) is 6.81. The van der Waals surface area contributed by atoms with Gasteiger partial charge in [0.05, 0.1) is 5.69 Å². The Labute approximate surface area is 83.3 Å². The molecule has 0 N–H and O–H groups in total. The van der Waals surface area contributed by atoms with E-state index in [-0.39, 0.29) is 0 Å². The van der Waals surface area contributed by atoms with Crippen molar-refractivity contribution >= 4 is 17.0 Å². The molecule has 0 saturated heterocycles. The number of pyridine rings is 1. The highest BCUT2D eigenvalue weighted by atomic mass is 14.7. The Hall–Kier alpha value is -1.70. The Balaban J connectivity index is 2.72. The lowest BCUT2D eigenvalue weighted by atomic mass is 10.1. The molecule has 1 heterocycles. The zero-order valence-corrected chi connectivity index (χ0v) is 8.36. The fourth-order valence-corrected chi connectivity index (χ4v) is 1.60. The minimum atomic E-state index is 0.920. The number of nitrogens with zero attached hydrogens (tertiary/aromatic N) is 2. The number of benzene rings is 1. The quantitative estimate of drug-likeness (QED) is 0.625. The second-order valence-corrected chi connectivity index (χ2v) is 3.24. The molecular weight excluding hydrogens is 172 g/mol. The van der Waals surface area contributed by atoms with Crippen molar-refractivity contribution in [3.63, 3.8) is 0 Å². The Morgan fingerprint density at radius 2 is 2.07 bits per heavy atom. The predicted molar refractivity (Wildman–Crippen MR) is 60.0 cm³/mol. The maximum atomic E-state index is 4.44. The van der Waals surface area contributed by atoms with Gasteiger partial charge in [0.25, 0.3) is 0 Å². The molecule has 1 aromatic heterocycles. The van der Waals surface area contributed by atoms with E-state index >= 15 is 0 Å². The van der Waals surface area contributed by atoms with Gasteiger partial charge in [0, 0.05) is 24.3 Å². The van der Waals surface area contributed by atoms with Crippen molar-refractivity contribution in [2.24, 2.45) is 4.99 Å². The molecule has 0 aliphatic carbocycles. The van der Waals surface area contributed by atoms with Crippen LogP contribution in [0, 0.1) is 6.92 Å². The number of hydrogen-bond acceptors (Lipinski definition) is 2. The van der Waals surface area contributed by atoms with Crippen LogP contribution in [-0.2, 0) is 0 Å². The molecule has 0 atom stereocenters. The van der Waals surface area contributed by atoms with Gasteiger partial charge in [0.1, 0.15) is 0 Å². The van der Waals surface area contributed by atoms with E-state index in [2.05, 4.69) is 28.2 Å². The maximum Gasteiger partial charge on any atom is 0.0817 e. The standard InChI is InChI=1S/C12H12N2/c1-9-12-6-4-3-5-10(12)7-11(14-9)8-13-2/h3-8H,1-2H3/b13-8+. The van der Waals surface area contributed by atoms with Gasteiger partial charge in [-0.25, -0.2) is 0 Å². The number of rotatable bonds is 1. The molecule has 2 heteroatoms. The van der Waals surface area contributed by atoms with Crippen molar-refractivity contribution in [2.75, 3.05) is 7.05 Å². The third-order valence-electron chi connectivity index (χ3n) is 2.21. The second-order valence-electron chi connectivity index (χ2n) is 3.24. The van der Waals surface area contributed by atoms with Gasteiger partial charge in [0.15, 0.2) is 0 Å². The van der Waals surface area contributed by atoms with Crippen LogP contribution in [0.15, 0.2) is 35.3 Å². The molecule has 2 aromatic rings. The Morgan fingerprint density at radius 3 is 2.86 bits per heavy atom. The highest BCUT2D eigenvalue weighted by Crippen LogP contribution is 2.16. The summed E-state index contributed by atoms with van der Waals surface area (Å²) in [5, 5.41) is 2.43. The van der Waals surface area contributed by atoms with E-state index in [9.17, 15) is 0 Å². The van der Waals surface area contributed by atoms with Gasteiger partial charge in [0.2, 0.25) is 0 Å². The third kappa shape index (κ3) is 1.51. The van der Waals surface area contributed by atoms with Gasteiger partial charge >= 0.3 is 0 Å². The summed E-state index contributed by atoms with van der Waals surface area (Å²) in [4.78, 5) is 8.41. The largest absolute Gasteiger partial charge is 0.294 e. The SMILES string of the molecule is C/N=C/c1cc2ccccc2c(C)n1. The van der Waals surface area contributed by atoms with Crippen LogP contribution in [0.3, 0.4) is 0 Å². The lowest BCUT2D eigenvalue weighted by Crippen LogP contribution is -1.91. The van der Waals surface area contributed by atoms with Crippen molar-refractivity contribution in [3.05, 3.63) is 41.7 Å². The summed E-state index contributed by atoms with van der Waals surface area (Å²) in [6.45, 7) is 2.02. The topological polar surface area (TPSA) is 25.2 Å². The normalized spacial score (nSPS) is 11.3. The van der Waals surface area contributed by atoms with E-state index in [0.717, 1.165) is 11.4 Å². The highest BCUT2D eigenvalue weighted by Gasteiger charge is 1.99.